The van der Waals surface area contributed by atoms with Crippen molar-refractivity contribution in [1.29, 1.82) is 0 Å². The second-order valence-electron chi connectivity index (χ2n) is 8.20. The summed E-state index contributed by atoms with van der Waals surface area (Å²) in [4.78, 5) is 0. The van der Waals surface area contributed by atoms with Crippen molar-refractivity contribution in [3.8, 4) is 16.9 Å². The molecular formula is C27H23F5O. The first-order valence-corrected chi connectivity index (χ1v) is 10.9. The molecule has 0 heterocycles. The summed E-state index contributed by atoms with van der Waals surface area (Å²) < 4.78 is 70.6. The van der Waals surface area contributed by atoms with Gasteiger partial charge in [-0.05, 0) is 83.8 Å². The van der Waals surface area contributed by atoms with Gasteiger partial charge < -0.3 is 4.74 Å². The zero-order chi connectivity index (χ0) is 23.6. The predicted octanol–water partition coefficient (Wildman–Crippen LogP) is 8.06. The summed E-state index contributed by atoms with van der Waals surface area (Å²) in [7, 11) is 0. The van der Waals surface area contributed by atoms with Gasteiger partial charge in [-0.1, -0.05) is 43.7 Å². The predicted molar refractivity (Wildman–Crippen MR) is 119 cm³/mol. The largest absolute Gasteiger partial charge is 0.573 e. The maximum atomic E-state index is 14.9. The number of ether oxygens (including phenoxy) is 1. The van der Waals surface area contributed by atoms with Gasteiger partial charge in [0.05, 0.1) is 0 Å². The van der Waals surface area contributed by atoms with Gasteiger partial charge in [-0.2, -0.15) is 0 Å². The third-order valence-corrected chi connectivity index (χ3v) is 5.84. The number of hydrogen-bond acceptors (Lipinski definition) is 1. The molecule has 0 N–H and O–H groups in total. The summed E-state index contributed by atoms with van der Waals surface area (Å²) in [6, 6.07) is 13.6. The minimum Gasteiger partial charge on any atom is -0.406 e. The van der Waals surface area contributed by atoms with E-state index in [2.05, 4.69) is 11.7 Å². The molecule has 0 radical (unpaired) electrons. The average molecular weight is 458 g/mol. The SMILES string of the molecule is CCCCc1ccc(C2=CCc3cc(-c4ccc(OC(F)(F)F)cc4)c(F)cc3C2)c(F)c1. The van der Waals surface area contributed by atoms with Crippen LogP contribution in [0.3, 0.4) is 0 Å². The molecule has 0 amide bonds. The quantitative estimate of drug-likeness (QED) is 0.340. The molecule has 0 unspecified atom stereocenters. The van der Waals surface area contributed by atoms with Crippen LogP contribution in [-0.2, 0) is 19.3 Å². The fourth-order valence-corrected chi connectivity index (χ4v) is 4.14. The molecule has 4 rings (SSSR count). The second kappa shape index (κ2) is 9.38. The normalized spacial score (nSPS) is 13.5. The minimum absolute atomic E-state index is 0.267. The molecule has 0 bridgehead atoms. The summed E-state index contributed by atoms with van der Waals surface area (Å²) in [5.74, 6) is -1.11. The Balaban J connectivity index is 1.55. The van der Waals surface area contributed by atoms with E-state index in [1.807, 2.05) is 12.1 Å². The lowest BCUT2D eigenvalue weighted by molar-refractivity contribution is -0.274. The number of aryl methyl sites for hydroxylation is 1. The van der Waals surface area contributed by atoms with Gasteiger partial charge in [-0.25, -0.2) is 8.78 Å². The Morgan fingerprint density at radius 2 is 1.58 bits per heavy atom. The van der Waals surface area contributed by atoms with E-state index in [1.54, 1.807) is 18.2 Å². The molecule has 1 aliphatic rings. The van der Waals surface area contributed by atoms with Crippen molar-refractivity contribution in [2.45, 2.75) is 45.4 Å². The molecule has 0 aromatic heterocycles. The molecule has 3 aromatic carbocycles. The third kappa shape index (κ3) is 5.44. The Labute approximate surface area is 189 Å². The summed E-state index contributed by atoms with van der Waals surface area (Å²) >= 11 is 0. The molecule has 0 spiro atoms. The van der Waals surface area contributed by atoms with Crippen LogP contribution in [0.25, 0.3) is 16.7 Å². The molecule has 0 saturated carbocycles. The number of unbranched alkanes of at least 4 members (excludes halogenated alkanes) is 1. The number of rotatable bonds is 6. The van der Waals surface area contributed by atoms with Crippen LogP contribution in [0.4, 0.5) is 22.0 Å². The fraction of sp³-hybridized carbons (Fsp3) is 0.259. The van der Waals surface area contributed by atoms with Crippen LogP contribution < -0.4 is 4.74 Å². The van der Waals surface area contributed by atoms with Crippen molar-refractivity contribution in [1.82, 2.24) is 0 Å². The highest BCUT2D eigenvalue weighted by molar-refractivity contribution is 5.73. The number of halogens is 5. The highest BCUT2D eigenvalue weighted by Crippen LogP contribution is 2.34. The Morgan fingerprint density at radius 3 is 2.24 bits per heavy atom. The zero-order valence-corrected chi connectivity index (χ0v) is 18.1. The van der Waals surface area contributed by atoms with Crippen LogP contribution in [0, 0.1) is 11.6 Å². The molecule has 6 heteroatoms. The van der Waals surface area contributed by atoms with E-state index in [0.717, 1.165) is 53.7 Å². The average Bonchev–Trinajstić information content (AvgIpc) is 2.76. The number of fused-ring (bicyclic) bond motifs is 1. The van der Waals surface area contributed by atoms with E-state index < -0.39 is 12.2 Å². The van der Waals surface area contributed by atoms with Gasteiger partial charge >= 0.3 is 6.36 Å². The number of allylic oxidation sites excluding steroid dienone is 2. The molecule has 1 nitrogen and oxygen atoms in total. The molecule has 172 valence electrons. The molecular weight excluding hydrogens is 435 g/mol. The Bertz CT molecular complexity index is 1180. The summed E-state index contributed by atoms with van der Waals surface area (Å²) in [6.07, 6.45) is 0.998. The van der Waals surface area contributed by atoms with Crippen LogP contribution in [0.1, 0.15) is 42.0 Å². The van der Waals surface area contributed by atoms with Gasteiger partial charge in [0.15, 0.2) is 0 Å². The van der Waals surface area contributed by atoms with Gasteiger partial charge in [-0.15, -0.1) is 13.2 Å². The van der Waals surface area contributed by atoms with E-state index in [-0.39, 0.29) is 11.6 Å². The molecule has 3 aromatic rings. The van der Waals surface area contributed by atoms with E-state index in [1.165, 1.54) is 18.2 Å². The van der Waals surface area contributed by atoms with Crippen molar-refractivity contribution in [2.24, 2.45) is 0 Å². The van der Waals surface area contributed by atoms with Crippen molar-refractivity contribution in [2.75, 3.05) is 0 Å². The number of benzene rings is 3. The van der Waals surface area contributed by atoms with E-state index >= 15 is 0 Å². The fourth-order valence-electron chi connectivity index (χ4n) is 4.14. The van der Waals surface area contributed by atoms with E-state index in [9.17, 15) is 22.0 Å². The Hall–Kier alpha value is -3.15. The monoisotopic (exact) mass is 458 g/mol. The zero-order valence-electron chi connectivity index (χ0n) is 18.1. The Kier molecular flexibility index (Phi) is 6.54. The molecule has 0 fully saturated rings. The molecule has 0 aliphatic heterocycles. The van der Waals surface area contributed by atoms with Gasteiger partial charge in [0.25, 0.3) is 0 Å². The van der Waals surface area contributed by atoms with Crippen molar-refractivity contribution in [3.63, 3.8) is 0 Å². The van der Waals surface area contributed by atoms with Crippen LogP contribution in [0.2, 0.25) is 0 Å². The smallest absolute Gasteiger partial charge is 0.406 e. The summed E-state index contributed by atoms with van der Waals surface area (Å²) in [5, 5.41) is 0. The van der Waals surface area contributed by atoms with Crippen molar-refractivity contribution < 1.29 is 26.7 Å². The van der Waals surface area contributed by atoms with Crippen LogP contribution in [0.15, 0.2) is 60.7 Å². The first-order chi connectivity index (χ1) is 15.7. The maximum absolute atomic E-state index is 14.9. The van der Waals surface area contributed by atoms with E-state index in [0.29, 0.717) is 29.5 Å². The lowest BCUT2D eigenvalue weighted by atomic mass is 9.85. The third-order valence-electron chi connectivity index (χ3n) is 5.84. The van der Waals surface area contributed by atoms with Crippen LogP contribution in [-0.4, -0.2) is 6.36 Å². The van der Waals surface area contributed by atoms with Crippen molar-refractivity contribution >= 4 is 5.57 Å². The standard InChI is InChI=1S/C27H23F5O/c1-2-3-4-17-5-12-23(25(28)13-17)20-7-6-19-15-24(26(29)16-21(19)14-20)18-8-10-22(11-9-18)33-27(30,31)32/h5,7-13,15-16H,2-4,6,14H2,1H3. The molecule has 1 aliphatic carbocycles. The van der Waals surface area contributed by atoms with Crippen LogP contribution in [0.5, 0.6) is 5.75 Å². The van der Waals surface area contributed by atoms with Crippen LogP contribution >= 0.6 is 0 Å². The number of hydrogen-bond donors (Lipinski definition) is 0. The summed E-state index contributed by atoms with van der Waals surface area (Å²) in [5.41, 5.74) is 4.76. The maximum Gasteiger partial charge on any atom is 0.573 e. The summed E-state index contributed by atoms with van der Waals surface area (Å²) in [6.45, 7) is 2.09. The van der Waals surface area contributed by atoms with Gasteiger partial charge in [0.1, 0.15) is 17.4 Å². The van der Waals surface area contributed by atoms with E-state index in [4.69, 9.17) is 0 Å². The highest BCUT2D eigenvalue weighted by atomic mass is 19.4. The molecule has 0 saturated heterocycles. The van der Waals surface area contributed by atoms with Gasteiger partial charge in [-0.3, -0.25) is 0 Å². The minimum atomic E-state index is -4.78. The second-order valence-corrected chi connectivity index (χ2v) is 8.20. The van der Waals surface area contributed by atoms with Gasteiger partial charge in [0, 0.05) is 11.1 Å². The topological polar surface area (TPSA) is 9.23 Å². The highest BCUT2D eigenvalue weighted by Gasteiger charge is 2.31. The first-order valence-electron chi connectivity index (χ1n) is 10.9. The lowest BCUT2D eigenvalue weighted by Gasteiger charge is -2.20. The van der Waals surface area contributed by atoms with Crippen molar-refractivity contribution in [3.05, 3.63) is 94.6 Å². The lowest BCUT2D eigenvalue weighted by Crippen LogP contribution is -2.16. The Morgan fingerprint density at radius 1 is 0.848 bits per heavy atom. The van der Waals surface area contributed by atoms with Gasteiger partial charge in [0.2, 0.25) is 0 Å². The molecule has 33 heavy (non-hydrogen) atoms. The molecule has 0 atom stereocenters. The first kappa shape index (κ1) is 23.0. The number of alkyl halides is 3.